The van der Waals surface area contributed by atoms with Gasteiger partial charge in [0.15, 0.2) is 0 Å². The van der Waals surface area contributed by atoms with Crippen molar-refractivity contribution in [2.24, 2.45) is 0 Å². The quantitative estimate of drug-likeness (QED) is 0.792. The fraction of sp³-hybridized carbons (Fsp3) is 0.538. The number of nitrogens with one attached hydrogen (secondary N) is 1. The number of sulfonamides is 1. The first-order chi connectivity index (χ1) is 8.33. The van der Waals surface area contributed by atoms with Crippen molar-refractivity contribution in [3.63, 3.8) is 0 Å². The van der Waals surface area contributed by atoms with Crippen LogP contribution in [0.2, 0.25) is 0 Å². The summed E-state index contributed by atoms with van der Waals surface area (Å²) >= 11 is 0. The Bertz CT molecular complexity index is 496. The number of rotatable bonds is 6. The Morgan fingerprint density at radius 3 is 2.39 bits per heavy atom. The second kappa shape index (κ2) is 6.31. The van der Waals surface area contributed by atoms with Gasteiger partial charge < -0.3 is 5.32 Å². The Labute approximate surface area is 110 Å². The average molecular weight is 270 g/mol. The topological polar surface area (TPSA) is 49.4 Å². The fourth-order valence-electron chi connectivity index (χ4n) is 1.53. The second-order valence-corrected chi connectivity index (χ2v) is 7.00. The zero-order valence-corrected chi connectivity index (χ0v) is 12.3. The van der Waals surface area contributed by atoms with Gasteiger partial charge >= 0.3 is 0 Å². The summed E-state index contributed by atoms with van der Waals surface area (Å²) in [6.45, 7) is 5.32. The number of hydrogen-bond donors (Lipinski definition) is 1. The molecule has 0 amide bonds. The zero-order valence-electron chi connectivity index (χ0n) is 11.5. The van der Waals surface area contributed by atoms with E-state index in [4.69, 9.17) is 0 Å². The predicted molar refractivity (Wildman–Crippen MR) is 75.1 cm³/mol. The lowest BCUT2D eigenvalue weighted by Gasteiger charge is -2.12. The third-order valence-electron chi connectivity index (χ3n) is 2.99. The van der Waals surface area contributed by atoms with Crippen LogP contribution in [0.1, 0.15) is 16.7 Å². The molecule has 1 rings (SSSR count). The number of aryl methyl sites for hydroxylation is 2. The first-order valence-corrected chi connectivity index (χ1v) is 7.61. The molecule has 0 aliphatic carbocycles. The fourth-order valence-corrected chi connectivity index (χ4v) is 2.30. The second-order valence-electron chi connectivity index (χ2n) is 4.69. The summed E-state index contributed by atoms with van der Waals surface area (Å²) < 4.78 is 24.3. The van der Waals surface area contributed by atoms with Gasteiger partial charge in [-0.1, -0.05) is 18.2 Å². The summed E-state index contributed by atoms with van der Waals surface area (Å²) in [6.07, 6.45) is 0. The molecule has 1 N–H and O–H groups in total. The molecule has 0 atom stereocenters. The van der Waals surface area contributed by atoms with Gasteiger partial charge in [-0.25, -0.2) is 12.7 Å². The molecule has 1 aromatic carbocycles. The molecule has 18 heavy (non-hydrogen) atoms. The van der Waals surface area contributed by atoms with E-state index in [-0.39, 0.29) is 5.75 Å². The molecule has 0 radical (unpaired) electrons. The van der Waals surface area contributed by atoms with Crippen molar-refractivity contribution >= 4 is 10.0 Å². The molecule has 0 saturated carbocycles. The summed E-state index contributed by atoms with van der Waals surface area (Å²) in [5.41, 5.74) is 3.71. The van der Waals surface area contributed by atoms with Gasteiger partial charge in [-0.2, -0.15) is 0 Å². The Hall–Kier alpha value is -0.910. The molecule has 5 heteroatoms. The van der Waals surface area contributed by atoms with Gasteiger partial charge in [0.25, 0.3) is 0 Å². The molecular weight excluding hydrogens is 248 g/mol. The minimum Gasteiger partial charge on any atom is -0.312 e. The number of nitrogens with zero attached hydrogens (tertiary/aromatic N) is 1. The van der Waals surface area contributed by atoms with Crippen LogP contribution in [0.4, 0.5) is 0 Å². The van der Waals surface area contributed by atoms with Gasteiger partial charge in [-0.15, -0.1) is 0 Å². The van der Waals surface area contributed by atoms with Crippen molar-refractivity contribution in [3.8, 4) is 0 Å². The minimum absolute atomic E-state index is 0.130. The van der Waals surface area contributed by atoms with Crippen LogP contribution in [-0.2, 0) is 16.6 Å². The molecule has 0 spiro atoms. The van der Waals surface area contributed by atoms with E-state index in [0.717, 1.165) is 0 Å². The van der Waals surface area contributed by atoms with Crippen LogP contribution in [0.3, 0.4) is 0 Å². The smallest absolute Gasteiger partial charge is 0.214 e. The lowest BCUT2D eigenvalue weighted by molar-refractivity contribution is 0.517. The van der Waals surface area contributed by atoms with E-state index in [1.807, 2.05) is 0 Å². The highest BCUT2D eigenvalue weighted by Gasteiger charge is 2.12. The van der Waals surface area contributed by atoms with Gasteiger partial charge in [-0.05, 0) is 30.5 Å². The summed E-state index contributed by atoms with van der Waals surface area (Å²) in [5.74, 6) is 0.130. The minimum atomic E-state index is -3.10. The van der Waals surface area contributed by atoms with E-state index >= 15 is 0 Å². The van der Waals surface area contributed by atoms with Crippen LogP contribution < -0.4 is 5.32 Å². The Morgan fingerprint density at radius 1 is 1.17 bits per heavy atom. The Balaban J connectivity index is 2.41. The maximum absolute atomic E-state index is 11.5. The van der Waals surface area contributed by atoms with Crippen molar-refractivity contribution in [3.05, 3.63) is 34.9 Å². The van der Waals surface area contributed by atoms with Crippen LogP contribution in [0.5, 0.6) is 0 Å². The normalized spacial score (nSPS) is 12.1. The van der Waals surface area contributed by atoms with E-state index in [9.17, 15) is 8.42 Å². The molecule has 0 bridgehead atoms. The van der Waals surface area contributed by atoms with Gasteiger partial charge in [0.2, 0.25) is 10.0 Å². The SMILES string of the molecule is Cc1ccc(CNCCS(=O)(=O)N(C)C)cc1C. The average Bonchev–Trinajstić information content (AvgIpc) is 2.29. The Morgan fingerprint density at radius 2 is 1.83 bits per heavy atom. The van der Waals surface area contributed by atoms with Crippen LogP contribution in [0.25, 0.3) is 0 Å². The van der Waals surface area contributed by atoms with Crippen molar-refractivity contribution in [1.29, 1.82) is 0 Å². The summed E-state index contributed by atoms with van der Waals surface area (Å²) in [6, 6.07) is 6.28. The maximum atomic E-state index is 11.5. The monoisotopic (exact) mass is 270 g/mol. The molecule has 4 nitrogen and oxygen atoms in total. The highest BCUT2D eigenvalue weighted by Crippen LogP contribution is 2.09. The molecular formula is C13H22N2O2S. The van der Waals surface area contributed by atoms with Gasteiger partial charge in [0, 0.05) is 27.2 Å². The van der Waals surface area contributed by atoms with Crippen molar-refractivity contribution in [2.75, 3.05) is 26.4 Å². The maximum Gasteiger partial charge on any atom is 0.214 e. The van der Waals surface area contributed by atoms with Crippen molar-refractivity contribution < 1.29 is 8.42 Å². The molecule has 0 saturated heterocycles. The standard InChI is InChI=1S/C13H22N2O2S/c1-11-5-6-13(9-12(11)2)10-14-7-8-18(16,17)15(3)4/h5-6,9,14H,7-8,10H2,1-4H3. The lowest BCUT2D eigenvalue weighted by atomic mass is 10.1. The van der Waals surface area contributed by atoms with Crippen molar-refractivity contribution in [1.82, 2.24) is 9.62 Å². The van der Waals surface area contributed by atoms with Crippen LogP contribution in [-0.4, -0.2) is 39.1 Å². The molecule has 0 aromatic heterocycles. The van der Waals surface area contributed by atoms with Crippen LogP contribution in [0.15, 0.2) is 18.2 Å². The van der Waals surface area contributed by atoms with Crippen molar-refractivity contribution in [2.45, 2.75) is 20.4 Å². The van der Waals surface area contributed by atoms with E-state index in [0.29, 0.717) is 13.1 Å². The van der Waals surface area contributed by atoms with E-state index in [1.54, 1.807) is 14.1 Å². The molecule has 102 valence electrons. The Kier molecular flexibility index (Phi) is 5.31. The number of benzene rings is 1. The largest absolute Gasteiger partial charge is 0.312 e. The zero-order chi connectivity index (χ0) is 13.8. The summed E-state index contributed by atoms with van der Waals surface area (Å²) in [5, 5.41) is 3.15. The molecule has 0 fully saturated rings. The van der Waals surface area contributed by atoms with E-state index in [1.165, 1.54) is 21.0 Å². The number of hydrogen-bond acceptors (Lipinski definition) is 3. The van der Waals surface area contributed by atoms with Gasteiger partial charge in [0.05, 0.1) is 5.75 Å². The lowest BCUT2D eigenvalue weighted by Crippen LogP contribution is -2.31. The molecule has 0 unspecified atom stereocenters. The first-order valence-electron chi connectivity index (χ1n) is 6.00. The molecule has 1 aromatic rings. The van der Waals surface area contributed by atoms with Crippen LogP contribution >= 0.6 is 0 Å². The highest BCUT2D eigenvalue weighted by molar-refractivity contribution is 7.89. The summed E-state index contributed by atoms with van der Waals surface area (Å²) in [7, 11) is 0.0118. The highest BCUT2D eigenvalue weighted by atomic mass is 32.2. The molecule has 0 aliphatic heterocycles. The van der Waals surface area contributed by atoms with E-state index in [2.05, 4.69) is 37.4 Å². The van der Waals surface area contributed by atoms with Gasteiger partial charge in [-0.3, -0.25) is 0 Å². The third-order valence-corrected chi connectivity index (χ3v) is 4.83. The van der Waals surface area contributed by atoms with Crippen LogP contribution in [0, 0.1) is 13.8 Å². The molecule has 0 aliphatic rings. The first kappa shape index (κ1) is 15.1. The third kappa shape index (κ3) is 4.40. The summed E-state index contributed by atoms with van der Waals surface area (Å²) in [4.78, 5) is 0. The van der Waals surface area contributed by atoms with Gasteiger partial charge in [0.1, 0.15) is 0 Å². The predicted octanol–water partition coefficient (Wildman–Crippen LogP) is 1.28. The van der Waals surface area contributed by atoms with E-state index < -0.39 is 10.0 Å². The molecule has 0 heterocycles.